The first-order valence-corrected chi connectivity index (χ1v) is 10.5. The van der Waals surface area contributed by atoms with Gasteiger partial charge in [0.05, 0.1) is 5.92 Å². The lowest BCUT2D eigenvalue weighted by molar-refractivity contribution is -0.116. The summed E-state index contributed by atoms with van der Waals surface area (Å²) in [6, 6.07) is 16.0. The molecule has 5 rings (SSSR count). The molecule has 1 N–H and O–H groups in total. The molecule has 0 unspecified atom stereocenters. The molecule has 8 nitrogen and oxygen atoms in total. The number of carbonyl (C=O) groups is 1. The topological polar surface area (TPSA) is 90.9 Å². The molecule has 0 saturated heterocycles. The van der Waals surface area contributed by atoms with Crippen LogP contribution in [-0.4, -0.2) is 24.6 Å². The van der Waals surface area contributed by atoms with E-state index in [1.165, 1.54) is 16.2 Å². The highest BCUT2D eigenvalue weighted by Crippen LogP contribution is 2.35. The quantitative estimate of drug-likeness (QED) is 0.526. The molecule has 2 aromatic carbocycles. The minimum atomic E-state index is -0.503. The molecule has 0 atom stereocenters. The Bertz CT molecular complexity index is 1460. The van der Waals surface area contributed by atoms with Crippen molar-refractivity contribution >= 4 is 23.0 Å². The van der Waals surface area contributed by atoms with E-state index in [9.17, 15) is 14.4 Å². The molecule has 2 heterocycles. The fourth-order valence-corrected chi connectivity index (χ4v) is 4.62. The fourth-order valence-electron chi connectivity index (χ4n) is 4.62. The van der Waals surface area contributed by atoms with E-state index < -0.39 is 17.2 Å². The third kappa shape index (κ3) is 2.90. The molecule has 32 heavy (non-hydrogen) atoms. The zero-order valence-electron chi connectivity index (χ0n) is 18.1. The number of fused-ring (bicyclic) bond motifs is 3. The standard InChI is InChI=1S/C24H23N5O3/c1-27-19-20(28(2)24(32)29(3)22(19)31)25-23(27)26-21(30)18-16-10-6-4-8-14(16)12-13-15-9-5-7-11-17(15)18/h4-11,18H,12-13H2,1-3H3,(H,25,26,30). The second kappa shape index (κ2) is 7.33. The number of hydrogen-bond acceptors (Lipinski definition) is 4. The molecule has 0 saturated carbocycles. The molecule has 0 aliphatic heterocycles. The number of imidazole rings is 1. The van der Waals surface area contributed by atoms with Crippen LogP contribution in [0.2, 0.25) is 0 Å². The first-order valence-electron chi connectivity index (χ1n) is 10.5. The minimum absolute atomic E-state index is 0.225. The van der Waals surface area contributed by atoms with Gasteiger partial charge in [0.15, 0.2) is 11.2 Å². The maximum atomic E-state index is 13.7. The molecular weight excluding hydrogens is 406 g/mol. The van der Waals surface area contributed by atoms with Crippen LogP contribution in [0.5, 0.6) is 0 Å². The van der Waals surface area contributed by atoms with Crippen LogP contribution in [0.25, 0.3) is 11.2 Å². The van der Waals surface area contributed by atoms with Crippen LogP contribution in [0.1, 0.15) is 28.2 Å². The smallest absolute Gasteiger partial charge is 0.307 e. The Kier molecular flexibility index (Phi) is 4.58. The SMILES string of the molecule is Cn1c(=O)c2c(nc(NC(=O)C3c4ccccc4CCc4ccccc43)n2C)n(C)c1=O. The van der Waals surface area contributed by atoms with E-state index in [0.717, 1.165) is 39.7 Å². The highest BCUT2D eigenvalue weighted by molar-refractivity contribution is 5.98. The summed E-state index contributed by atoms with van der Waals surface area (Å²) in [6.45, 7) is 0. The summed E-state index contributed by atoms with van der Waals surface area (Å²) < 4.78 is 3.87. The van der Waals surface area contributed by atoms with Crippen molar-refractivity contribution in [2.45, 2.75) is 18.8 Å². The van der Waals surface area contributed by atoms with E-state index in [0.29, 0.717) is 0 Å². The van der Waals surface area contributed by atoms with Crippen molar-refractivity contribution in [1.82, 2.24) is 18.7 Å². The van der Waals surface area contributed by atoms with Crippen molar-refractivity contribution in [1.29, 1.82) is 0 Å². The van der Waals surface area contributed by atoms with Crippen molar-refractivity contribution in [3.8, 4) is 0 Å². The van der Waals surface area contributed by atoms with Crippen LogP contribution in [0, 0.1) is 0 Å². The number of aryl methyl sites for hydroxylation is 4. The second-order valence-corrected chi connectivity index (χ2v) is 8.19. The normalized spacial score (nSPS) is 13.5. The monoisotopic (exact) mass is 429 g/mol. The van der Waals surface area contributed by atoms with E-state index >= 15 is 0 Å². The van der Waals surface area contributed by atoms with Gasteiger partial charge in [0.2, 0.25) is 11.9 Å². The minimum Gasteiger partial charge on any atom is -0.307 e. The number of benzene rings is 2. The van der Waals surface area contributed by atoms with Crippen molar-refractivity contribution < 1.29 is 4.79 Å². The molecule has 4 aromatic rings. The molecular formula is C24H23N5O3. The van der Waals surface area contributed by atoms with Crippen LogP contribution in [0.4, 0.5) is 5.95 Å². The predicted octanol–water partition coefficient (Wildman–Crippen LogP) is 1.84. The lowest BCUT2D eigenvalue weighted by Gasteiger charge is -2.19. The van der Waals surface area contributed by atoms with Crippen LogP contribution in [0.15, 0.2) is 58.1 Å². The summed E-state index contributed by atoms with van der Waals surface area (Å²) in [5.74, 6) is -0.508. The number of anilines is 1. The zero-order chi connectivity index (χ0) is 22.6. The Hall–Kier alpha value is -3.94. The highest BCUT2D eigenvalue weighted by atomic mass is 16.2. The lowest BCUT2D eigenvalue weighted by atomic mass is 9.87. The van der Waals surface area contributed by atoms with E-state index in [1.807, 2.05) is 36.4 Å². The third-order valence-electron chi connectivity index (χ3n) is 6.37. The van der Waals surface area contributed by atoms with Gasteiger partial charge in [-0.1, -0.05) is 48.5 Å². The summed E-state index contributed by atoms with van der Waals surface area (Å²) in [6.07, 6.45) is 1.73. The van der Waals surface area contributed by atoms with Crippen LogP contribution in [0.3, 0.4) is 0 Å². The first kappa shape index (κ1) is 20.0. The number of rotatable bonds is 2. The van der Waals surface area contributed by atoms with Crippen molar-refractivity contribution in [2.75, 3.05) is 5.32 Å². The molecule has 0 spiro atoms. The molecule has 0 radical (unpaired) electrons. The Morgan fingerprint density at radius 1 is 0.875 bits per heavy atom. The number of nitrogens with zero attached hydrogens (tertiary/aromatic N) is 4. The van der Waals surface area contributed by atoms with Gasteiger partial charge in [0.25, 0.3) is 5.56 Å². The van der Waals surface area contributed by atoms with E-state index in [1.54, 1.807) is 14.1 Å². The van der Waals surface area contributed by atoms with Gasteiger partial charge >= 0.3 is 5.69 Å². The van der Waals surface area contributed by atoms with Gasteiger partial charge in [-0.3, -0.25) is 24.0 Å². The summed E-state index contributed by atoms with van der Waals surface area (Å²) in [5.41, 5.74) is 3.79. The predicted molar refractivity (Wildman–Crippen MR) is 122 cm³/mol. The Balaban J connectivity index is 1.64. The average molecular weight is 429 g/mol. The lowest BCUT2D eigenvalue weighted by Crippen LogP contribution is -2.37. The highest BCUT2D eigenvalue weighted by Gasteiger charge is 2.30. The molecule has 1 amide bonds. The van der Waals surface area contributed by atoms with Crippen LogP contribution >= 0.6 is 0 Å². The second-order valence-electron chi connectivity index (χ2n) is 8.19. The van der Waals surface area contributed by atoms with Gasteiger partial charge < -0.3 is 4.57 Å². The Morgan fingerprint density at radius 3 is 2.03 bits per heavy atom. The molecule has 162 valence electrons. The number of aromatic nitrogens is 4. The van der Waals surface area contributed by atoms with E-state index in [-0.39, 0.29) is 23.0 Å². The fraction of sp³-hybridized carbons (Fsp3) is 0.250. The maximum absolute atomic E-state index is 13.7. The van der Waals surface area contributed by atoms with Crippen molar-refractivity contribution in [2.24, 2.45) is 21.1 Å². The van der Waals surface area contributed by atoms with Gasteiger partial charge in [0.1, 0.15) is 0 Å². The van der Waals surface area contributed by atoms with Gasteiger partial charge in [-0.15, -0.1) is 0 Å². The molecule has 8 heteroatoms. The van der Waals surface area contributed by atoms with Crippen LogP contribution in [-0.2, 0) is 38.8 Å². The summed E-state index contributed by atoms with van der Waals surface area (Å²) in [7, 11) is 4.64. The first-order chi connectivity index (χ1) is 15.4. The summed E-state index contributed by atoms with van der Waals surface area (Å²) in [4.78, 5) is 43.1. The van der Waals surface area contributed by atoms with E-state index in [4.69, 9.17) is 0 Å². The van der Waals surface area contributed by atoms with E-state index in [2.05, 4.69) is 22.4 Å². The summed E-state index contributed by atoms with van der Waals surface area (Å²) >= 11 is 0. The maximum Gasteiger partial charge on any atom is 0.332 e. The van der Waals surface area contributed by atoms with Gasteiger partial charge in [-0.25, -0.2) is 4.79 Å². The molecule has 0 bridgehead atoms. The molecule has 2 aromatic heterocycles. The van der Waals surface area contributed by atoms with Crippen molar-refractivity contribution in [3.05, 3.63) is 91.6 Å². The number of hydrogen-bond donors (Lipinski definition) is 1. The molecule has 1 aliphatic carbocycles. The Labute approximate surface area is 183 Å². The molecule has 1 aliphatic rings. The van der Waals surface area contributed by atoms with Crippen LogP contribution < -0.4 is 16.6 Å². The third-order valence-corrected chi connectivity index (χ3v) is 6.37. The number of carbonyl (C=O) groups excluding carboxylic acids is 1. The molecule has 0 fully saturated rings. The summed E-state index contributed by atoms with van der Waals surface area (Å²) in [5, 5.41) is 2.92. The average Bonchev–Trinajstić information content (AvgIpc) is 3.02. The van der Waals surface area contributed by atoms with Crippen molar-refractivity contribution in [3.63, 3.8) is 0 Å². The Morgan fingerprint density at radius 2 is 1.44 bits per heavy atom. The zero-order valence-corrected chi connectivity index (χ0v) is 18.1. The largest absolute Gasteiger partial charge is 0.332 e. The number of amides is 1. The number of nitrogens with one attached hydrogen (secondary N) is 1. The van der Waals surface area contributed by atoms with Gasteiger partial charge in [0, 0.05) is 21.1 Å². The van der Waals surface area contributed by atoms with Gasteiger partial charge in [-0.2, -0.15) is 4.98 Å². The van der Waals surface area contributed by atoms with Gasteiger partial charge in [-0.05, 0) is 35.1 Å².